The molecule has 0 fully saturated rings. The molecule has 0 radical (unpaired) electrons. The summed E-state index contributed by atoms with van der Waals surface area (Å²) in [7, 11) is 0. The lowest BCUT2D eigenvalue weighted by atomic mass is 9.35. The van der Waals surface area contributed by atoms with Crippen LogP contribution in [-0.2, 0) is 27.1 Å². The summed E-state index contributed by atoms with van der Waals surface area (Å²) in [4.78, 5) is 7.90. The van der Waals surface area contributed by atoms with E-state index in [0.29, 0.717) is 0 Å². The Kier molecular flexibility index (Phi) is 9.09. The smallest absolute Gasteiger partial charge is 0.297 e. The van der Waals surface area contributed by atoms with Crippen LogP contribution in [0.3, 0.4) is 0 Å². The Labute approximate surface area is 425 Å². The molecular weight excluding hydrogens is 880 g/mol. The molecule has 2 aliphatic heterocycles. The van der Waals surface area contributed by atoms with E-state index in [9.17, 15) is 0 Å². The van der Waals surface area contributed by atoms with E-state index in [1.807, 2.05) is 11.3 Å². The summed E-state index contributed by atoms with van der Waals surface area (Å²) in [6.07, 6.45) is 0. The first-order valence-corrected chi connectivity index (χ1v) is 26.5. The topological polar surface area (TPSA) is 19.6 Å². The van der Waals surface area contributed by atoms with Gasteiger partial charge in [0.05, 0.1) is 16.8 Å². The number of furan rings is 1. The number of rotatable bonds is 2. The van der Waals surface area contributed by atoms with E-state index in [2.05, 4.69) is 245 Å². The predicted octanol–water partition coefficient (Wildman–Crippen LogP) is 16.4. The Morgan fingerprint density at radius 3 is 1.55 bits per heavy atom. The summed E-state index contributed by atoms with van der Waals surface area (Å²) in [6.45, 7) is 30.0. The van der Waals surface area contributed by atoms with E-state index >= 15 is 0 Å². The second-order valence-electron chi connectivity index (χ2n) is 25.0. The average Bonchev–Trinajstić information content (AvgIpc) is 4.04. The molecule has 352 valence electrons. The second kappa shape index (κ2) is 14.5. The van der Waals surface area contributed by atoms with Crippen LogP contribution in [0, 0.1) is 6.92 Å². The van der Waals surface area contributed by atoms with Crippen molar-refractivity contribution in [3.8, 4) is 22.3 Å². The lowest BCUT2D eigenvalue weighted by Gasteiger charge is -2.44. The maximum atomic E-state index is 7.77. The highest BCUT2D eigenvalue weighted by molar-refractivity contribution is 7.12. The van der Waals surface area contributed by atoms with Gasteiger partial charge in [-0.3, -0.25) is 0 Å². The number of aryl methyl sites for hydroxylation is 1. The van der Waals surface area contributed by atoms with E-state index < -0.39 is 5.41 Å². The van der Waals surface area contributed by atoms with Crippen molar-refractivity contribution in [3.05, 3.63) is 194 Å². The zero-order valence-corrected chi connectivity index (χ0v) is 44.5. The van der Waals surface area contributed by atoms with Gasteiger partial charge in [-0.05, 0) is 161 Å². The molecule has 2 aliphatic carbocycles. The number of hydrogen-bond donors (Lipinski definition) is 0. The lowest BCUT2D eigenvalue weighted by molar-refractivity contribution is 0.589. The molecule has 13 rings (SSSR count). The van der Waals surface area contributed by atoms with Crippen molar-refractivity contribution in [2.45, 2.75) is 117 Å². The average molecular weight is 943 g/mol. The van der Waals surface area contributed by atoms with Gasteiger partial charge in [-0.25, -0.2) is 0 Å². The number of nitrogens with zero attached hydrogens (tertiary/aromatic N) is 2. The highest BCUT2D eigenvalue weighted by Gasteiger charge is 2.54. The zero-order valence-electron chi connectivity index (χ0n) is 43.6. The predicted molar refractivity (Wildman–Crippen MR) is 304 cm³/mol. The van der Waals surface area contributed by atoms with Crippen LogP contribution in [-0.4, -0.2) is 6.71 Å². The van der Waals surface area contributed by atoms with Crippen molar-refractivity contribution in [3.63, 3.8) is 0 Å². The van der Waals surface area contributed by atoms with Crippen LogP contribution in [0.2, 0.25) is 0 Å². The molecular formula is C66H63BN2OS. The molecule has 7 aromatic carbocycles. The molecule has 5 heteroatoms. The Balaban J connectivity index is 1.15. The Bertz CT molecular complexity index is 3710. The van der Waals surface area contributed by atoms with Gasteiger partial charge in [0.2, 0.25) is 0 Å². The van der Waals surface area contributed by atoms with E-state index in [-0.39, 0.29) is 28.4 Å². The number of hydrogen-bond acceptors (Lipinski definition) is 4. The van der Waals surface area contributed by atoms with Gasteiger partial charge >= 0.3 is 0 Å². The van der Waals surface area contributed by atoms with Crippen LogP contribution in [0.15, 0.2) is 150 Å². The highest BCUT2D eigenvalue weighted by Crippen LogP contribution is 2.65. The maximum Gasteiger partial charge on any atom is 0.297 e. The fourth-order valence-electron chi connectivity index (χ4n) is 12.6. The molecule has 0 saturated carbocycles. The molecule has 4 heterocycles. The van der Waals surface area contributed by atoms with Gasteiger partial charge < -0.3 is 14.2 Å². The first-order valence-electron chi connectivity index (χ1n) is 25.7. The summed E-state index contributed by atoms with van der Waals surface area (Å²) in [6, 6.07) is 56.7. The van der Waals surface area contributed by atoms with Gasteiger partial charge in [0, 0.05) is 43.6 Å². The van der Waals surface area contributed by atoms with Crippen molar-refractivity contribution in [2.24, 2.45) is 0 Å². The minimum absolute atomic E-state index is 0.00667. The number of fused-ring (bicyclic) bond motifs is 16. The highest BCUT2D eigenvalue weighted by atomic mass is 32.1. The summed E-state index contributed by atoms with van der Waals surface area (Å²) >= 11 is 1.95. The minimum Gasteiger partial charge on any atom is -0.468 e. The summed E-state index contributed by atoms with van der Waals surface area (Å²) in [5, 5.41) is 1.14. The van der Waals surface area contributed by atoms with Crippen LogP contribution in [0.1, 0.15) is 132 Å². The van der Waals surface area contributed by atoms with Gasteiger partial charge in [-0.15, -0.1) is 11.3 Å². The van der Waals surface area contributed by atoms with Gasteiger partial charge in [-0.1, -0.05) is 168 Å². The third kappa shape index (κ3) is 6.21. The molecule has 1 spiro atoms. The molecule has 0 saturated heterocycles. The van der Waals surface area contributed by atoms with Gasteiger partial charge in [-0.2, -0.15) is 0 Å². The fourth-order valence-corrected chi connectivity index (χ4v) is 13.9. The van der Waals surface area contributed by atoms with E-state index in [1.54, 1.807) is 0 Å². The van der Waals surface area contributed by atoms with Crippen LogP contribution in [0.5, 0.6) is 0 Å². The molecule has 0 N–H and O–H groups in total. The fraction of sp³-hybridized carbons (Fsp3) is 0.273. The monoisotopic (exact) mass is 942 g/mol. The number of benzene rings is 7. The molecule has 2 aromatic heterocycles. The third-order valence-corrected chi connectivity index (χ3v) is 17.5. The molecule has 3 nitrogen and oxygen atoms in total. The quantitative estimate of drug-likeness (QED) is 0.161. The molecule has 9 aromatic rings. The van der Waals surface area contributed by atoms with Crippen LogP contribution in [0.4, 0.5) is 34.1 Å². The molecule has 0 bridgehead atoms. The van der Waals surface area contributed by atoms with Crippen molar-refractivity contribution in [1.82, 2.24) is 0 Å². The standard InChI is InChI=1S/C66H63BN2OS/c1-38-32-48-46-19-15-17-21-51(46)66(60(48)71-38)50-20-16-14-18-45(50)47-36-49-57(37-52(47)66)70-61-59(49)69(44-29-24-40(25-30-44)63(5,6)7)56-35-42(65(11,12)13)34-55-58(56)67(61)53-31-26-41(64(8,9)10)33-54(53)68(55)43-27-22-39(23-28-43)62(2,3)4/h14-37H,1-13H3. The Morgan fingerprint density at radius 2 is 0.972 bits per heavy atom. The van der Waals surface area contributed by atoms with Crippen molar-refractivity contribution >= 4 is 79.7 Å². The first kappa shape index (κ1) is 44.4. The lowest BCUT2D eigenvalue weighted by Crippen LogP contribution is -2.61. The van der Waals surface area contributed by atoms with Crippen molar-refractivity contribution in [2.75, 3.05) is 9.80 Å². The third-order valence-electron chi connectivity index (χ3n) is 16.4. The molecule has 4 aliphatic rings. The molecule has 0 amide bonds. The normalized spacial score (nSPS) is 16.5. The summed E-state index contributed by atoms with van der Waals surface area (Å²) in [5.41, 5.74) is 25.4. The Hall–Kier alpha value is -6.56. The van der Waals surface area contributed by atoms with Crippen molar-refractivity contribution < 1.29 is 4.42 Å². The summed E-state index contributed by atoms with van der Waals surface area (Å²) < 4.78 is 7.77. The SMILES string of the molecule is Cc1cc2c(s1)C1(c3ccccc3-c3cc4c5c(oc4cc31)B1c3ccc(C(C)(C)C)cc3N(c3ccc(C(C)(C)C)cc3)c3cc(C(C)(C)C)cc(c31)N5c1ccc(C(C)(C)C)cc1)c1ccccc1-2. The van der Waals surface area contributed by atoms with Crippen LogP contribution in [0.25, 0.3) is 33.2 Å². The van der Waals surface area contributed by atoms with Crippen molar-refractivity contribution in [1.29, 1.82) is 0 Å². The van der Waals surface area contributed by atoms with Gasteiger partial charge in [0.25, 0.3) is 6.71 Å². The molecule has 1 atom stereocenters. The molecule has 71 heavy (non-hydrogen) atoms. The largest absolute Gasteiger partial charge is 0.468 e. The Morgan fingerprint density at radius 1 is 0.465 bits per heavy atom. The number of thiophene rings is 1. The second-order valence-corrected chi connectivity index (χ2v) is 26.3. The van der Waals surface area contributed by atoms with Gasteiger partial charge in [0.1, 0.15) is 5.58 Å². The maximum absolute atomic E-state index is 7.77. The van der Waals surface area contributed by atoms with E-state index in [4.69, 9.17) is 4.42 Å². The minimum atomic E-state index is -0.442. The van der Waals surface area contributed by atoms with E-state index in [0.717, 1.165) is 33.7 Å². The first-order chi connectivity index (χ1) is 33.6. The van der Waals surface area contributed by atoms with Crippen LogP contribution >= 0.6 is 11.3 Å². The van der Waals surface area contributed by atoms with Gasteiger partial charge in [0.15, 0.2) is 0 Å². The van der Waals surface area contributed by atoms with Crippen LogP contribution < -0.4 is 26.4 Å². The number of anilines is 6. The molecule has 1 unspecified atom stereocenters. The summed E-state index contributed by atoms with van der Waals surface area (Å²) in [5.74, 6) is 0. The van der Waals surface area contributed by atoms with E-state index in [1.165, 1.54) is 98.9 Å². The zero-order chi connectivity index (χ0) is 49.5.